The molecule has 0 saturated carbocycles. The zero-order chi connectivity index (χ0) is 12.3. The van der Waals surface area contributed by atoms with E-state index in [4.69, 9.17) is 5.11 Å². The second-order valence-corrected chi connectivity index (χ2v) is 5.48. The second kappa shape index (κ2) is 4.95. The summed E-state index contributed by atoms with van der Waals surface area (Å²) in [5.74, 6) is -0.887. The van der Waals surface area contributed by atoms with Crippen LogP contribution in [0.2, 0.25) is 0 Å². The molecular formula is C11H17NO3S. The fourth-order valence-corrected chi connectivity index (χ4v) is 2.41. The van der Waals surface area contributed by atoms with Gasteiger partial charge in [-0.15, -0.1) is 11.3 Å². The van der Waals surface area contributed by atoms with Crippen LogP contribution in [-0.2, 0) is 6.54 Å². The van der Waals surface area contributed by atoms with Gasteiger partial charge in [0.1, 0.15) is 4.88 Å². The standard InChI is InChI=1S/C11H17NO3S/c1-11(2,15)7-12(3)6-8-4-5-16-9(8)10(13)14/h4-5,15H,6-7H2,1-3H3,(H,13,14). The molecule has 5 heteroatoms. The van der Waals surface area contributed by atoms with E-state index in [-0.39, 0.29) is 0 Å². The van der Waals surface area contributed by atoms with Crippen molar-refractivity contribution in [3.63, 3.8) is 0 Å². The van der Waals surface area contributed by atoms with Gasteiger partial charge >= 0.3 is 5.97 Å². The molecule has 1 aromatic heterocycles. The number of rotatable bonds is 5. The lowest BCUT2D eigenvalue weighted by Crippen LogP contribution is -2.35. The molecular weight excluding hydrogens is 226 g/mol. The molecule has 0 fully saturated rings. The Kier molecular flexibility index (Phi) is 4.07. The number of carboxylic acid groups (broad SMARTS) is 1. The second-order valence-electron chi connectivity index (χ2n) is 4.56. The Bertz CT molecular complexity index is 368. The maximum absolute atomic E-state index is 10.9. The predicted octanol–water partition coefficient (Wildman–Crippen LogP) is 1.65. The van der Waals surface area contributed by atoms with E-state index in [2.05, 4.69) is 0 Å². The molecule has 0 saturated heterocycles. The van der Waals surface area contributed by atoms with Crippen molar-refractivity contribution in [1.29, 1.82) is 0 Å². The molecule has 1 aromatic rings. The molecule has 0 aliphatic carbocycles. The van der Waals surface area contributed by atoms with E-state index in [1.165, 1.54) is 11.3 Å². The molecule has 0 spiro atoms. The molecule has 0 aromatic carbocycles. The highest BCUT2D eigenvalue weighted by atomic mass is 32.1. The van der Waals surface area contributed by atoms with Gasteiger partial charge in [-0.25, -0.2) is 4.79 Å². The molecule has 90 valence electrons. The zero-order valence-electron chi connectivity index (χ0n) is 9.73. The van der Waals surface area contributed by atoms with E-state index in [0.29, 0.717) is 18.0 Å². The summed E-state index contributed by atoms with van der Waals surface area (Å²) < 4.78 is 0. The fraction of sp³-hybridized carbons (Fsp3) is 0.545. The van der Waals surface area contributed by atoms with Crippen LogP contribution in [0.5, 0.6) is 0 Å². The van der Waals surface area contributed by atoms with E-state index in [0.717, 1.165) is 5.56 Å². The van der Waals surface area contributed by atoms with Gasteiger partial charge in [0.2, 0.25) is 0 Å². The van der Waals surface area contributed by atoms with Gasteiger partial charge in [-0.2, -0.15) is 0 Å². The van der Waals surface area contributed by atoms with Crippen LogP contribution in [0.25, 0.3) is 0 Å². The van der Waals surface area contributed by atoms with Crippen molar-refractivity contribution in [2.45, 2.75) is 26.0 Å². The van der Waals surface area contributed by atoms with Crippen molar-refractivity contribution in [2.24, 2.45) is 0 Å². The van der Waals surface area contributed by atoms with Crippen LogP contribution >= 0.6 is 11.3 Å². The van der Waals surface area contributed by atoms with E-state index in [9.17, 15) is 9.90 Å². The minimum absolute atomic E-state index is 0.377. The first-order valence-electron chi connectivity index (χ1n) is 5.00. The van der Waals surface area contributed by atoms with Crippen molar-refractivity contribution in [3.8, 4) is 0 Å². The number of aromatic carboxylic acids is 1. The molecule has 16 heavy (non-hydrogen) atoms. The van der Waals surface area contributed by atoms with Crippen molar-refractivity contribution in [2.75, 3.05) is 13.6 Å². The largest absolute Gasteiger partial charge is 0.477 e. The van der Waals surface area contributed by atoms with Crippen molar-refractivity contribution < 1.29 is 15.0 Å². The third-order valence-electron chi connectivity index (χ3n) is 2.04. The molecule has 0 radical (unpaired) electrons. The fourth-order valence-electron chi connectivity index (χ4n) is 1.66. The molecule has 0 bridgehead atoms. The van der Waals surface area contributed by atoms with Crippen LogP contribution in [0.3, 0.4) is 0 Å². The first-order chi connectivity index (χ1) is 7.29. The molecule has 2 N–H and O–H groups in total. The average molecular weight is 243 g/mol. The summed E-state index contributed by atoms with van der Waals surface area (Å²) in [6.07, 6.45) is 0. The third-order valence-corrected chi connectivity index (χ3v) is 2.98. The highest BCUT2D eigenvalue weighted by Crippen LogP contribution is 2.18. The van der Waals surface area contributed by atoms with E-state index < -0.39 is 11.6 Å². The lowest BCUT2D eigenvalue weighted by molar-refractivity contribution is 0.0424. The van der Waals surface area contributed by atoms with E-state index >= 15 is 0 Å². The number of likely N-dealkylation sites (N-methyl/N-ethyl adjacent to an activating group) is 1. The van der Waals surface area contributed by atoms with Crippen LogP contribution in [0, 0.1) is 0 Å². The van der Waals surface area contributed by atoms with Crippen LogP contribution in [0.4, 0.5) is 0 Å². The van der Waals surface area contributed by atoms with Crippen LogP contribution in [0.15, 0.2) is 11.4 Å². The minimum Gasteiger partial charge on any atom is -0.477 e. The van der Waals surface area contributed by atoms with Gasteiger partial charge in [0.25, 0.3) is 0 Å². The maximum Gasteiger partial charge on any atom is 0.346 e. The average Bonchev–Trinajstić information content (AvgIpc) is 2.47. The number of carbonyl (C=O) groups is 1. The normalized spacial score (nSPS) is 12.1. The molecule has 4 nitrogen and oxygen atoms in total. The summed E-state index contributed by atoms with van der Waals surface area (Å²) in [5, 5.41) is 20.4. The molecule has 0 atom stereocenters. The molecule has 0 amide bonds. The van der Waals surface area contributed by atoms with Crippen molar-refractivity contribution in [1.82, 2.24) is 4.90 Å². The van der Waals surface area contributed by atoms with Gasteiger partial charge in [-0.1, -0.05) is 0 Å². The van der Waals surface area contributed by atoms with E-state index in [1.54, 1.807) is 19.2 Å². The summed E-state index contributed by atoms with van der Waals surface area (Å²) in [5.41, 5.74) is 0.0259. The highest BCUT2D eigenvalue weighted by molar-refractivity contribution is 7.12. The number of carboxylic acids is 1. The molecule has 0 unspecified atom stereocenters. The Morgan fingerprint density at radius 3 is 2.69 bits per heavy atom. The number of hydrogen-bond acceptors (Lipinski definition) is 4. The number of thiophene rings is 1. The lowest BCUT2D eigenvalue weighted by atomic mass is 10.1. The SMILES string of the molecule is CN(Cc1ccsc1C(=O)O)CC(C)(C)O. The van der Waals surface area contributed by atoms with Crippen LogP contribution in [0.1, 0.15) is 29.1 Å². The van der Waals surface area contributed by atoms with E-state index in [1.807, 2.05) is 18.0 Å². The summed E-state index contributed by atoms with van der Waals surface area (Å²) in [6, 6.07) is 1.81. The Morgan fingerprint density at radius 1 is 1.56 bits per heavy atom. The molecule has 1 rings (SSSR count). The maximum atomic E-state index is 10.9. The molecule has 0 aliphatic heterocycles. The highest BCUT2D eigenvalue weighted by Gasteiger charge is 2.18. The van der Waals surface area contributed by atoms with Gasteiger partial charge in [-0.05, 0) is 37.9 Å². The summed E-state index contributed by atoms with van der Waals surface area (Å²) in [4.78, 5) is 13.2. The topological polar surface area (TPSA) is 60.8 Å². The molecule has 0 aliphatic rings. The Labute approximate surface area is 99.1 Å². The summed E-state index contributed by atoms with van der Waals surface area (Å²) in [6.45, 7) is 4.50. The summed E-state index contributed by atoms with van der Waals surface area (Å²) in [7, 11) is 1.86. The Morgan fingerprint density at radius 2 is 2.19 bits per heavy atom. The number of aliphatic hydroxyl groups is 1. The number of nitrogens with zero attached hydrogens (tertiary/aromatic N) is 1. The monoisotopic (exact) mass is 243 g/mol. The first kappa shape index (κ1) is 13.2. The number of hydrogen-bond donors (Lipinski definition) is 2. The third kappa shape index (κ3) is 3.92. The lowest BCUT2D eigenvalue weighted by Gasteiger charge is -2.25. The molecule has 1 heterocycles. The van der Waals surface area contributed by atoms with Gasteiger partial charge < -0.3 is 10.2 Å². The summed E-state index contributed by atoms with van der Waals surface area (Å²) >= 11 is 1.23. The first-order valence-corrected chi connectivity index (χ1v) is 5.88. The van der Waals surface area contributed by atoms with Gasteiger partial charge in [0.15, 0.2) is 0 Å². The predicted molar refractivity (Wildman–Crippen MR) is 63.9 cm³/mol. The Balaban J connectivity index is 2.66. The smallest absolute Gasteiger partial charge is 0.346 e. The zero-order valence-corrected chi connectivity index (χ0v) is 10.5. The quantitative estimate of drug-likeness (QED) is 0.825. The van der Waals surface area contributed by atoms with Gasteiger partial charge in [0, 0.05) is 13.1 Å². The van der Waals surface area contributed by atoms with Gasteiger partial charge in [-0.3, -0.25) is 4.90 Å². The van der Waals surface area contributed by atoms with Crippen molar-refractivity contribution in [3.05, 3.63) is 21.9 Å². The van der Waals surface area contributed by atoms with Gasteiger partial charge in [0.05, 0.1) is 5.60 Å². The minimum atomic E-state index is -0.887. The van der Waals surface area contributed by atoms with Crippen LogP contribution < -0.4 is 0 Å². The van der Waals surface area contributed by atoms with Crippen LogP contribution in [-0.4, -0.2) is 40.3 Å². The van der Waals surface area contributed by atoms with Crippen molar-refractivity contribution >= 4 is 17.3 Å². The Hall–Kier alpha value is -0.910.